The summed E-state index contributed by atoms with van der Waals surface area (Å²) in [6.07, 6.45) is 9.91. The molecule has 0 aromatic rings. The Balaban J connectivity index is 2.43. The van der Waals surface area contributed by atoms with Crippen LogP contribution in [0.15, 0.2) is 0 Å². The molecule has 1 heteroatoms. The lowest BCUT2D eigenvalue weighted by molar-refractivity contribution is 0.194. The van der Waals surface area contributed by atoms with E-state index in [-0.39, 0.29) is 0 Å². The highest BCUT2D eigenvalue weighted by atomic mass is 14.9. The number of nitrogens with one attached hydrogen (secondary N) is 1. The molecule has 0 radical (unpaired) electrons. The van der Waals surface area contributed by atoms with Gasteiger partial charge in [0.25, 0.3) is 0 Å². The lowest BCUT2D eigenvalue weighted by Crippen LogP contribution is -2.37. The molecule has 1 aliphatic rings. The van der Waals surface area contributed by atoms with Gasteiger partial charge in [0.2, 0.25) is 0 Å². The Morgan fingerprint density at radius 2 is 1.94 bits per heavy atom. The van der Waals surface area contributed by atoms with Crippen LogP contribution in [0.4, 0.5) is 0 Å². The van der Waals surface area contributed by atoms with Gasteiger partial charge in [0.05, 0.1) is 0 Å². The highest BCUT2D eigenvalue weighted by Gasteiger charge is 2.27. The van der Waals surface area contributed by atoms with Gasteiger partial charge < -0.3 is 5.32 Å². The SMILES string of the molecule is CCC1CCCC(C(CCC(C)(C)C)NC)C1. The summed E-state index contributed by atoms with van der Waals surface area (Å²) in [5.41, 5.74) is 0.480. The summed E-state index contributed by atoms with van der Waals surface area (Å²) in [5, 5.41) is 3.59. The van der Waals surface area contributed by atoms with Gasteiger partial charge in [-0.15, -0.1) is 0 Å². The smallest absolute Gasteiger partial charge is 0.00926 e. The van der Waals surface area contributed by atoms with Gasteiger partial charge in [0.15, 0.2) is 0 Å². The fourth-order valence-corrected chi connectivity index (χ4v) is 3.27. The molecule has 0 aliphatic heterocycles. The molecule has 0 bridgehead atoms. The van der Waals surface area contributed by atoms with Crippen molar-refractivity contribution in [3.05, 3.63) is 0 Å². The second-order valence-electron chi connectivity index (χ2n) is 7.20. The van der Waals surface area contributed by atoms with Crippen LogP contribution in [0.2, 0.25) is 0 Å². The first-order valence-electron chi connectivity index (χ1n) is 7.63. The van der Waals surface area contributed by atoms with E-state index in [1.54, 1.807) is 0 Å². The van der Waals surface area contributed by atoms with Crippen molar-refractivity contribution in [3.63, 3.8) is 0 Å². The number of hydrogen-bond acceptors (Lipinski definition) is 1. The predicted molar refractivity (Wildman–Crippen MR) is 77.3 cm³/mol. The Morgan fingerprint density at radius 1 is 1.24 bits per heavy atom. The van der Waals surface area contributed by atoms with Crippen LogP contribution in [0, 0.1) is 17.3 Å². The van der Waals surface area contributed by atoms with Gasteiger partial charge in [-0.2, -0.15) is 0 Å². The summed E-state index contributed by atoms with van der Waals surface area (Å²) in [7, 11) is 2.16. The van der Waals surface area contributed by atoms with Crippen LogP contribution in [-0.4, -0.2) is 13.1 Å². The van der Waals surface area contributed by atoms with E-state index in [1.165, 1.54) is 44.9 Å². The molecule has 1 fully saturated rings. The van der Waals surface area contributed by atoms with Crippen LogP contribution in [0.5, 0.6) is 0 Å². The Kier molecular flexibility index (Phi) is 5.99. The standard InChI is InChI=1S/C16H33N/c1-6-13-8-7-9-14(12-13)15(17-5)10-11-16(2,3)4/h13-15,17H,6-12H2,1-5H3. The van der Waals surface area contributed by atoms with Crippen molar-refractivity contribution in [1.82, 2.24) is 5.32 Å². The maximum absolute atomic E-state index is 3.59. The average Bonchev–Trinajstić information content (AvgIpc) is 2.29. The van der Waals surface area contributed by atoms with E-state index in [2.05, 4.69) is 40.1 Å². The molecule has 0 heterocycles. The van der Waals surface area contributed by atoms with Gasteiger partial charge in [-0.25, -0.2) is 0 Å². The quantitative estimate of drug-likeness (QED) is 0.738. The minimum Gasteiger partial charge on any atom is -0.317 e. The molecule has 3 unspecified atom stereocenters. The van der Waals surface area contributed by atoms with Gasteiger partial charge in [-0.1, -0.05) is 47.0 Å². The van der Waals surface area contributed by atoms with Crippen molar-refractivity contribution >= 4 is 0 Å². The monoisotopic (exact) mass is 239 g/mol. The largest absolute Gasteiger partial charge is 0.317 e. The van der Waals surface area contributed by atoms with Crippen molar-refractivity contribution in [2.24, 2.45) is 17.3 Å². The third-order valence-corrected chi connectivity index (χ3v) is 4.55. The second-order valence-corrected chi connectivity index (χ2v) is 7.20. The van der Waals surface area contributed by atoms with E-state index in [0.717, 1.165) is 17.9 Å². The maximum Gasteiger partial charge on any atom is 0.00926 e. The highest BCUT2D eigenvalue weighted by molar-refractivity contribution is 4.82. The van der Waals surface area contributed by atoms with Gasteiger partial charge in [-0.3, -0.25) is 0 Å². The van der Waals surface area contributed by atoms with Crippen LogP contribution in [0.1, 0.15) is 72.6 Å². The molecule has 0 spiro atoms. The maximum atomic E-state index is 3.59. The van der Waals surface area contributed by atoms with E-state index in [9.17, 15) is 0 Å². The summed E-state index contributed by atoms with van der Waals surface area (Å²) < 4.78 is 0. The molecule has 0 aromatic carbocycles. The zero-order valence-corrected chi connectivity index (χ0v) is 12.7. The molecular formula is C16H33N. The lowest BCUT2D eigenvalue weighted by Gasteiger charge is -2.35. The minimum atomic E-state index is 0.480. The zero-order valence-electron chi connectivity index (χ0n) is 12.7. The first-order valence-corrected chi connectivity index (χ1v) is 7.63. The fraction of sp³-hybridized carbons (Fsp3) is 1.00. The predicted octanol–water partition coefficient (Wildman–Crippen LogP) is 4.62. The molecule has 3 atom stereocenters. The van der Waals surface area contributed by atoms with Crippen LogP contribution >= 0.6 is 0 Å². The second kappa shape index (κ2) is 6.78. The molecule has 1 nitrogen and oxygen atoms in total. The first kappa shape index (κ1) is 15.0. The van der Waals surface area contributed by atoms with Crippen LogP contribution < -0.4 is 5.32 Å². The molecule has 1 saturated carbocycles. The van der Waals surface area contributed by atoms with Gasteiger partial charge in [-0.05, 0) is 50.0 Å². The average molecular weight is 239 g/mol. The van der Waals surface area contributed by atoms with E-state index in [1.807, 2.05) is 0 Å². The van der Waals surface area contributed by atoms with Crippen molar-refractivity contribution in [1.29, 1.82) is 0 Å². The Bertz CT molecular complexity index is 204. The Labute approximate surface area is 109 Å². The molecule has 1 aliphatic carbocycles. The first-order chi connectivity index (χ1) is 7.96. The summed E-state index contributed by atoms with van der Waals surface area (Å²) in [6, 6.07) is 0.753. The van der Waals surface area contributed by atoms with Gasteiger partial charge in [0, 0.05) is 6.04 Å². The minimum absolute atomic E-state index is 0.480. The molecular weight excluding hydrogens is 206 g/mol. The molecule has 1 N–H and O–H groups in total. The van der Waals surface area contributed by atoms with Crippen LogP contribution in [0.25, 0.3) is 0 Å². The molecule has 0 amide bonds. The van der Waals surface area contributed by atoms with E-state index in [4.69, 9.17) is 0 Å². The fourth-order valence-electron chi connectivity index (χ4n) is 3.27. The van der Waals surface area contributed by atoms with Crippen molar-refractivity contribution in [3.8, 4) is 0 Å². The van der Waals surface area contributed by atoms with Gasteiger partial charge in [0.1, 0.15) is 0 Å². The molecule has 0 saturated heterocycles. The topological polar surface area (TPSA) is 12.0 Å². The van der Waals surface area contributed by atoms with Crippen molar-refractivity contribution < 1.29 is 0 Å². The van der Waals surface area contributed by atoms with E-state index < -0.39 is 0 Å². The zero-order chi connectivity index (χ0) is 12.9. The lowest BCUT2D eigenvalue weighted by atomic mass is 9.74. The molecule has 17 heavy (non-hydrogen) atoms. The van der Waals surface area contributed by atoms with Gasteiger partial charge >= 0.3 is 0 Å². The summed E-state index contributed by atoms with van der Waals surface area (Å²) in [6.45, 7) is 9.43. The summed E-state index contributed by atoms with van der Waals surface area (Å²) >= 11 is 0. The molecule has 102 valence electrons. The molecule has 0 aromatic heterocycles. The summed E-state index contributed by atoms with van der Waals surface area (Å²) in [4.78, 5) is 0. The Hall–Kier alpha value is -0.0400. The third kappa shape index (κ3) is 5.42. The van der Waals surface area contributed by atoms with Crippen LogP contribution in [-0.2, 0) is 0 Å². The number of rotatable bonds is 5. The van der Waals surface area contributed by atoms with Crippen LogP contribution in [0.3, 0.4) is 0 Å². The van der Waals surface area contributed by atoms with E-state index in [0.29, 0.717) is 5.41 Å². The number of hydrogen-bond donors (Lipinski definition) is 1. The Morgan fingerprint density at radius 3 is 2.47 bits per heavy atom. The highest BCUT2D eigenvalue weighted by Crippen LogP contribution is 2.35. The van der Waals surface area contributed by atoms with E-state index >= 15 is 0 Å². The molecule has 1 rings (SSSR count). The normalized spacial score (nSPS) is 28.1. The summed E-state index contributed by atoms with van der Waals surface area (Å²) in [5.74, 6) is 1.93. The third-order valence-electron chi connectivity index (χ3n) is 4.55. The van der Waals surface area contributed by atoms with Crippen molar-refractivity contribution in [2.75, 3.05) is 7.05 Å². The van der Waals surface area contributed by atoms with Crippen molar-refractivity contribution in [2.45, 2.75) is 78.7 Å².